The SMILES string of the molecule is CCOc1ccccc1Nc1cnnc(Nc2cccc(C(C)=O)c2)n1. The second-order valence-electron chi connectivity index (χ2n) is 5.48. The summed E-state index contributed by atoms with van der Waals surface area (Å²) in [5.41, 5.74) is 2.12. The molecule has 0 fully saturated rings. The molecule has 26 heavy (non-hydrogen) atoms. The number of nitrogens with zero attached hydrogens (tertiary/aromatic N) is 3. The van der Waals surface area contributed by atoms with Gasteiger partial charge in [0.05, 0.1) is 18.5 Å². The molecule has 0 atom stereocenters. The minimum absolute atomic E-state index is 0.00404. The number of hydrogen-bond acceptors (Lipinski definition) is 7. The second kappa shape index (κ2) is 8.06. The molecule has 0 saturated carbocycles. The van der Waals surface area contributed by atoms with Gasteiger partial charge < -0.3 is 15.4 Å². The van der Waals surface area contributed by atoms with E-state index in [1.54, 1.807) is 18.2 Å². The van der Waals surface area contributed by atoms with Crippen LogP contribution < -0.4 is 15.4 Å². The zero-order valence-corrected chi connectivity index (χ0v) is 14.6. The maximum atomic E-state index is 11.5. The van der Waals surface area contributed by atoms with Crippen LogP contribution in [0.5, 0.6) is 5.75 Å². The number of para-hydroxylation sites is 2. The molecule has 132 valence electrons. The van der Waals surface area contributed by atoms with Crippen molar-refractivity contribution < 1.29 is 9.53 Å². The quantitative estimate of drug-likeness (QED) is 0.624. The Morgan fingerprint density at radius 2 is 1.96 bits per heavy atom. The van der Waals surface area contributed by atoms with Crippen LogP contribution >= 0.6 is 0 Å². The van der Waals surface area contributed by atoms with Crippen molar-refractivity contribution in [1.82, 2.24) is 15.2 Å². The van der Waals surface area contributed by atoms with E-state index in [4.69, 9.17) is 4.74 Å². The van der Waals surface area contributed by atoms with Crippen LogP contribution in [-0.4, -0.2) is 27.6 Å². The summed E-state index contributed by atoms with van der Waals surface area (Å²) in [6, 6.07) is 14.7. The average Bonchev–Trinajstić information content (AvgIpc) is 2.64. The van der Waals surface area contributed by atoms with Crippen molar-refractivity contribution in [2.45, 2.75) is 13.8 Å². The molecule has 0 aliphatic rings. The first-order valence-electron chi connectivity index (χ1n) is 8.22. The first-order valence-corrected chi connectivity index (χ1v) is 8.22. The molecule has 2 N–H and O–H groups in total. The number of Topliss-reactive ketones (excluding diaryl/α,β-unsaturated/α-hetero) is 1. The summed E-state index contributed by atoms with van der Waals surface area (Å²) in [6.07, 6.45) is 1.53. The Morgan fingerprint density at radius 1 is 1.12 bits per heavy atom. The van der Waals surface area contributed by atoms with Crippen LogP contribution in [0.4, 0.5) is 23.1 Å². The molecular formula is C19H19N5O2. The zero-order chi connectivity index (χ0) is 18.4. The number of anilines is 4. The highest BCUT2D eigenvalue weighted by molar-refractivity contribution is 5.95. The van der Waals surface area contributed by atoms with Crippen molar-refractivity contribution in [3.05, 3.63) is 60.3 Å². The number of ether oxygens (including phenoxy) is 1. The van der Waals surface area contributed by atoms with Gasteiger partial charge >= 0.3 is 0 Å². The molecule has 3 rings (SSSR count). The maximum Gasteiger partial charge on any atom is 0.249 e. The molecule has 7 nitrogen and oxygen atoms in total. The summed E-state index contributed by atoms with van der Waals surface area (Å²) in [5.74, 6) is 1.58. The van der Waals surface area contributed by atoms with Crippen LogP contribution in [0.15, 0.2) is 54.7 Å². The number of hydrogen-bond donors (Lipinski definition) is 2. The minimum atomic E-state index is -0.00404. The lowest BCUT2D eigenvalue weighted by Crippen LogP contribution is -2.04. The fourth-order valence-corrected chi connectivity index (χ4v) is 2.35. The van der Waals surface area contributed by atoms with E-state index in [1.165, 1.54) is 13.1 Å². The van der Waals surface area contributed by atoms with Gasteiger partial charge in [-0.05, 0) is 38.1 Å². The van der Waals surface area contributed by atoms with Gasteiger partial charge in [0.2, 0.25) is 5.95 Å². The molecule has 0 unspecified atom stereocenters. The van der Waals surface area contributed by atoms with Gasteiger partial charge in [-0.25, -0.2) is 0 Å². The van der Waals surface area contributed by atoms with E-state index in [1.807, 2.05) is 37.3 Å². The molecule has 0 saturated heterocycles. The molecule has 0 radical (unpaired) electrons. The molecule has 2 aromatic carbocycles. The zero-order valence-electron chi connectivity index (χ0n) is 14.6. The van der Waals surface area contributed by atoms with Crippen LogP contribution in [0.3, 0.4) is 0 Å². The number of ketones is 1. The Labute approximate surface area is 151 Å². The van der Waals surface area contributed by atoms with E-state index in [2.05, 4.69) is 25.8 Å². The molecule has 0 bridgehead atoms. The van der Waals surface area contributed by atoms with Gasteiger partial charge in [-0.3, -0.25) is 4.79 Å². The van der Waals surface area contributed by atoms with Crippen molar-refractivity contribution in [1.29, 1.82) is 0 Å². The third-order valence-electron chi connectivity index (χ3n) is 3.53. The highest BCUT2D eigenvalue weighted by Gasteiger charge is 2.07. The summed E-state index contributed by atoms with van der Waals surface area (Å²) >= 11 is 0. The molecule has 1 aromatic heterocycles. The average molecular weight is 349 g/mol. The number of carbonyl (C=O) groups excluding carboxylic acids is 1. The highest BCUT2D eigenvalue weighted by atomic mass is 16.5. The molecule has 0 amide bonds. The molecule has 3 aromatic rings. The third-order valence-corrected chi connectivity index (χ3v) is 3.53. The van der Waals surface area contributed by atoms with E-state index >= 15 is 0 Å². The third kappa shape index (κ3) is 4.32. The number of benzene rings is 2. The maximum absolute atomic E-state index is 11.5. The van der Waals surface area contributed by atoms with Crippen LogP contribution in [0.2, 0.25) is 0 Å². The first kappa shape index (κ1) is 17.3. The van der Waals surface area contributed by atoms with E-state index < -0.39 is 0 Å². The van der Waals surface area contributed by atoms with Gasteiger partial charge in [0.1, 0.15) is 5.75 Å². The molecule has 1 heterocycles. The smallest absolute Gasteiger partial charge is 0.249 e. The Kier molecular flexibility index (Phi) is 5.38. The van der Waals surface area contributed by atoms with Gasteiger partial charge in [-0.2, -0.15) is 10.1 Å². The number of aromatic nitrogens is 3. The topological polar surface area (TPSA) is 89.0 Å². The van der Waals surface area contributed by atoms with Gasteiger partial charge in [0, 0.05) is 11.3 Å². The summed E-state index contributed by atoms with van der Waals surface area (Å²) in [6.45, 7) is 4.03. The Hall–Kier alpha value is -3.48. The van der Waals surface area contributed by atoms with E-state index in [-0.39, 0.29) is 5.78 Å². The lowest BCUT2D eigenvalue weighted by molar-refractivity contribution is 0.101. The lowest BCUT2D eigenvalue weighted by atomic mass is 10.1. The van der Waals surface area contributed by atoms with Crippen molar-refractivity contribution in [3.63, 3.8) is 0 Å². The van der Waals surface area contributed by atoms with Crippen molar-refractivity contribution in [2.24, 2.45) is 0 Å². The van der Waals surface area contributed by atoms with Gasteiger partial charge in [0.25, 0.3) is 0 Å². The van der Waals surface area contributed by atoms with E-state index in [0.29, 0.717) is 29.6 Å². The first-order chi connectivity index (χ1) is 12.7. The predicted octanol–water partition coefficient (Wildman–Crippen LogP) is 3.96. The largest absolute Gasteiger partial charge is 0.492 e. The highest BCUT2D eigenvalue weighted by Crippen LogP contribution is 2.26. The summed E-state index contributed by atoms with van der Waals surface area (Å²) in [5, 5.41) is 14.2. The van der Waals surface area contributed by atoms with Crippen LogP contribution in [-0.2, 0) is 0 Å². The molecule has 0 aliphatic carbocycles. The standard InChI is InChI=1S/C19H19N5O2/c1-3-26-17-10-5-4-9-16(17)22-18-12-20-24-19(23-18)21-15-8-6-7-14(11-15)13(2)25/h4-12H,3H2,1-2H3,(H2,21,22,23,24). The van der Waals surface area contributed by atoms with Crippen molar-refractivity contribution >= 4 is 28.9 Å². The van der Waals surface area contributed by atoms with Crippen LogP contribution in [0, 0.1) is 0 Å². The Bertz CT molecular complexity index is 914. The predicted molar refractivity (Wildman–Crippen MR) is 100 cm³/mol. The fraction of sp³-hybridized carbons (Fsp3) is 0.158. The van der Waals surface area contributed by atoms with E-state index in [9.17, 15) is 4.79 Å². The second-order valence-corrected chi connectivity index (χ2v) is 5.48. The molecule has 7 heteroatoms. The number of carbonyl (C=O) groups is 1. The minimum Gasteiger partial charge on any atom is -0.492 e. The number of rotatable bonds is 7. The monoisotopic (exact) mass is 349 g/mol. The fourth-order valence-electron chi connectivity index (χ4n) is 2.35. The van der Waals surface area contributed by atoms with E-state index in [0.717, 1.165) is 11.4 Å². The van der Waals surface area contributed by atoms with Crippen molar-refractivity contribution in [2.75, 3.05) is 17.2 Å². The van der Waals surface area contributed by atoms with Crippen molar-refractivity contribution in [3.8, 4) is 5.75 Å². The molecule has 0 spiro atoms. The molecular weight excluding hydrogens is 330 g/mol. The van der Waals surface area contributed by atoms with Gasteiger partial charge in [-0.15, -0.1) is 5.10 Å². The summed E-state index contributed by atoms with van der Waals surface area (Å²) in [4.78, 5) is 15.9. The number of nitrogens with one attached hydrogen (secondary N) is 2. The van der Waals surface area contributed by atoms with Gasteiger partial charge in [0.15, 0.2) is 11.6 Å². The summed E-state index contributed by atoms with van der Waals surface area (Å²) < 4.78 is 5.60. The van der Waals surface area contributed by atoms with Crippen LogP contribution in [0.25, 0.3) is 0 Å². The van der Waals surface area contributed by atoms with Gasteiger partial charge in [-0.1, -0.05) is 24.3 Å². The summed E-state index contributed by atoms with van der Waals surface area (Å²) in [7, 11) is 0. The van der Waals surface area contributed by atoms with Crippen LogP contribution in [0.1, 0.15) is 24.2 Å². The normalized spacial score (nSPS) is 10.2. The molecule has 0 aliphatic heterocycles. The Morgan fingerprint density at radius 3 is 2.77 bits per heavy atom. The Balaban J connectivity index is 1.79. The lowest BCUT2D eigenvalue weighted by Gasteiger charge is -2.12.